The molecule has 0 spiro atoms. The van der Waals surface area contributed by atoms with E-state index in [2.05, 4.69) is 23.1 Å². The Morgan fingerprint density at radius 1 is 0.947 bits per heavy atom. The Hall–Kier alpha value is -2.58. The van der Waals surface area contributed by atoms with Crippen LogP contribution in [0.5, 0.6) is 5.75 Å². The number of amides is 2. The number of allylic oxidation sites excluding steroid dienone is 2. The summed E-state index contributed by atoms with van der Waals surface area (Å²) in [5.74, 6) is 1.69. The zero-order valence-corrected chi connectivity index (χ0v) is 23.4. The molecular formula is C30H46N3O5+. The molecule has 1 atom stereocenters. The lowest BCUT2D eigenvalue weighted by Gasteiger charge is -2.36. The van der Waals surface area contributed by atoms with Crippen LogP contribution in [0.4, 0.5) is 4.79 Å². The normalized spacial score (nSPS) is 21.7. The van der Waals surface area contributed by atoms with E-state index in [1.54, 1.807) is 4.90 Å². The summed E-state index contributed by atoms with van der Waals surface area (Å²) in [6.07, 6.45) is 6.50. The van der Waals surface area contributed by atoms with Gasteiger partial charge >= 0.3 is 6.09 Å². The van der Waals surface area contributed by atoms with Crippen molar-refractivity contribution in [2.24, 2.45) is 11.8 Å². The van der Waals surface area contributed by atoms with Gasteiger partial charge in [0.05, 0.1) is 13.2 Å². The monoisotopic (exact) mass is 528 g/mol. The average Bonchev–Trinajstić information content (AvgIpc) is 2.92. The van der Waals surface area contributed by atoms with Crippen LogP contribution >= 0.6 is 0 Å². The van der Waals surface area contributed by atoms with Crippen LogP contribution in [0.1, 0.15) is 58.4 Å². The fraction of sp³-hybridized carbons (Fsp3) is 0.667. The van der Waals surface area contributed by atoms with Gasteiger partial charge in [-0.1, -0.05) is 18.2 Å². The Morgan fingerprint density at radius 3 is 2.21 bits per heavy atom. The number of ether oxygens (including phenoxy) is 2. The molecular weight excluding hydrogens is 482 g/mol. The molecule has 2 heterocycles. The SMILES string of the molecule is CC(C)(C)OC(=O)N1CCC(COc2ccc(C3=CCC(C(=O)N4CCN(CC[OH2+])CC4)CC3)cc2)CC1. The van der Waals surface area contributed by atoms with Gasteiger partial charge in [0, 0.05) is 45.2 Å². The van der Waals surface area contributed by atoms with Gasteiger partial charge in [-0.15, -0.1) is 0 Å². The van der Waals surface area contributed by atoms with E-state index in [9.17, 15) is 9.59 Å². The van der Waals surface area contributed by atoms with Crippen molar-refractivity contribution in [3.05, 3.63) is 35.9 Å². The van der Waals surface area contributed by atoms with Crippen LogP contribution in [-0.2, 0) is 9.53 Å². The smallest absolute Gasteiger partial charge is 0.410 e. The first-order valence-corrected chi connectivity index (χ1v) is 14.3. The molecule has 2 aliphatic heterocycles. The van der Waals surface area contributed by atoms with Gasteiger partial charge in [-0.05, 0) is 82.1 Å². The summed E-state index contributed by atoms with van der Waals surface area (Å²) in [5, 5.41) is 7.39. The minimum absolute atomic E-state index is 0.0887. The second kappa shape index (κ2) is 13.0. The lowest BCUT2D eigenvalue weighted by Crippen LogP contribution is -2.50. The van der Waals surface area contributed by atoms with E-state index in [0.717, 1.165) is 70.6 Å². The Labute approximate surface area is 227 Å². The minimum Gasteiger partial charge on any atom is -0.493 e. The van der Waals surface area contributed by atoms with Crippen LogP contribution in [0.2, 0.25) is 0 Å². The second-order valence-corrected chi connectivity index (χ2v) is 11.9. The Bertz CT molecular complexity index is 955. The predicted molar refractivity (Wildman–Crippen MR) is 149 cm³/mol. The van der Waals surface area contributed by atoms with Crippen LogP contribution in [0, 0.1) is 11.8 Å². The molecule has 2 N–H and O–H groups in total. The first-order chi connectivity index (χ1) is 18.2. The van der Waals surface area contributed by atoms with Gasteiger partial charge in [-0.2, -0.15) is 0 Å². The summed E-state index contributed by atoms with van der Waals surface area (Å²) >= 11 is 0. The van der Waals surface area contributed by atoms with E-state index in [-0.39, 0.29) is 12.0 Å². The third kappa shape index (κ3) is 7.96. The molecule has 8 nitrogen and oxygen atoms in total. The number of likely N-dealkylation sites (tertiary alicyclic amines) is 1. The quantitative estimate of drug-likeness (QED) is 0.503. The van der Waals surface area contributed by atoms with E-state index < -0.39 is 5.60 Å². The van der Waals surface area contributed by atoms with Crippen molar-refractivity contribution < 1.29 is 24.2 Å². The van der Waals surface area contributed by atoms with Gasteiger partial charge in [-0.3, -0.25) is 9.69 Å². The van der Waals surface area contributed by atoms with E-state index in [1.807, 2.05) is 37.8 Å². The maximum atomic E-state index is 13.0. The minimum atomic E-state index is -0.463. The fourth-order valence-corrected chi connectivity index (χ4v) is 5.52. The van der Waals surface area contributed by atoms with Gasteiger partial charge in [-0.25, -0.2) is 4.79 Å². The molecule has 1 aromatic rings. The third-order valence-corrected chi connectivity index (χ3v) is 7.85. The number of rotatable bonds is 7. The molecule has 1 aliphatic carbocycles. The molecule has 0 saturated carbocycles. The van der Waals surface area contributed by atoms with Crippen LogP contribution in [0.3, 0.4) is 0 Å². The van der Waals surface area contributed by atoms with Gasteiger partial charge in [0.1, 0.15) is 11.4 Å². The first-order valence-electron chi connectivity index (χ1n) is 14.3. The highest BCUT2D eigenvalue weighted by molar-refractivity contribution is 5.81. The molecule has 0 radical (unpaired) electrons. The molecule has 1 aromatic carbocycles. The first kappa shape index (κ1) is 28.4. The highest BCUT2D eigenvalue weighted by Gasteiger charge is 2.29. The van der Waals surface area contributed by atoms with E-state index in [0.29, 0.717) is 38.1 Å². The molecule has 38 heavy (non-hydrogen) atoms. The van der Waals surface area contributed by atoms with Crippen molar-refractivity contribution in [3.8, 4) is 5.75 Å². The fourth-order valence-electron chi connectivity index (χ4n) is 5.52. The van der Waals surface area contributed by atoms with Crippen LogP contribution in [-0.4, -0.2) is 96.4 Å². The molecule has 2 amide bonds. The number of carbonyl (C=O) groups is 2. The zero-order chi connectivity index (χ0) is 27.1. The third-order valence-electron chi connectivity index (χ3n) is 7.85. The standard InChI is InChI=1S/C30H45N3O5/c1-30(2,3)38-29(36)33-14-12-23(13-15-33)22-37-27-10-8-25(9-11-27)24-4-6-26(7-5-24)28(35)32-18-16-31(17-19-32)20-21-34/h4,8-11,23,26,34H,5-7,12-22H2,1-3H3/p+1. The average molecular weight is 529 g/mol. The van der Waals surface area contributed by atoms with E-state index in [4.69, 9.17) is 14.6 Å². The summed E-state index contributed by atoms with van der Waals surface area (Å²) < 4.78 is 11.6. The lowest BCUT2D eigenvalue weighted by atomic mass is 9.85. The van der Waals surface area contributed by atoms with Crippen molar-refractivity contribution in [1.82, 2.24) is 14.7 Å². The number of hydrogen-bond donors (Lipinski definition) is 0. The number of carbonyl (C=O) groups excluding carboxylic acids is 2. The molecule has 8 heteroatoms. The molecule has 4 rings (SSSR count). The van der Waals surface area contributed by atoms with E-state index >= 15 is 0 Å². The summed E-state index contributed by atoms with van der Waals surface area (Å²) in [6, 6.07) is 8.33. The summed E-state index contributed by atoms with van der Waals surface area (Å²) in [6.45, 7) is 12.3. The Balaban J connectivity index is 1.19. The number of piperazine rings is 1. The van der Waals surface area contributed by atoms with Gasteiger partial charge in [0.2, 0.25) is 5.91 Å². The van der Waals surface area contributed by atoms with Crippen molar-refractivity contribution in [2.45, 2.75) is 58.5 Å². The number of benzene rings is 1. The molecule has 2 fully saturated rings. The van der Waals surface area contributed by atoms with Gasteiger partial charge in [0.25, 0.3) is 0 Å². The van der Waals surface area contributed by atoms with Crippen LogP contribution in [0.25, 0.3) is 5.57 Å². The summed E-state index contributed by atoms with van der Waals surface area (Å²) in [5.41, 5.74) is 2.06. The van der Waals surface area contributed by atoms with Crippen molar-refractivity contribution in [1.29, 1.82) is 0 Å². The van der Waals surface area contributed by atoms with Gasteiger partial charge in [0.15, 0.2) is 6.61 Å². The van der Waals surface area contributed by atoms with Gasteiger partial charge < -0.3 is 24.4 Å². The zero-order valence-electron chi connectivity index (χ0n) is 23.4. The maximum Gasteiger partial charge on any atom is 0.410 e. The largest absolute Gasteiger partial charge is 0.493 e. The van der Waals surface area contributed by atoms with Crippen LogP contribution < -0.4 is 4.74 Å². The van der Waals surface area contributed by atoms with Crippen LogP contribution in [0.15, 0.2) is 30.3 Å². The lowest BCUT2D eigenvalue weighted by molar-refractivity contribution is -0.137. The van der Waals surface area contributed by atoms with Crippen molar-refractivity contribution >= 4 is 17.6 Å². The highest BCUT2D eigenvalue weighted by atomic mass is 16.6. The van der Waals surface area contributed by atoms with Crippen molar-refractivity contribution in [3.63, 3.8) is 0 Å². The molecule has 3 aliphatic rings. The van der Waals surface area contributed by atoms with E-state index in [1.165, 1.54) is 11.1 Å². The topological polar surface area (TPSA) is 85.2 Å². The summed E-state index contributed by atoms with van der Waals surface area (Å²) in [7, 11) is 0. The molecule has 0 bridgehead atoms. The summed E-state index contributed by atoms with van der Waals surface area (Å²) in [4.78, 5) is 31.4. The number of nitrogens with zero attached hydrogens (tertiary/aromatic N) is 3. The highest BCUT2D eigenvalue weighted by Crippen LogP contribution is 2.32. The molecule has 210 valence electrons. The molecule has 2 saturated heterocycles. The predicted octanol–water partition coefficient (Wildman–Crippen LogP) is 3.76. The Kier molecular flexibility index (Phi) is 9.71. The Morgan fingerprint density at radius 2 is 1.63 bits per heavy atom. The molecule has 0 aromatic heterocycles. The number of piperidine rings is 1. The number of hydrogen-bond acceptors (Lipinski definition) is 5. The maximum absolute atomic E-state index is 13.0. The van der Waals surface area contributed by atoms with Crippen molar-refractivity contribution in [2.75, 3.05) is 59.0 Å². The second-order valence-electron chi connectivity index (χ2n) is 11.9. The molecule has 1 unspecified atom stereocenters.